The Morgan fingerprint density at radius 2 is 1.69 bits per heavy atom. The van der Waals surface area contributed by atoms with E-state index in [4.69, 9.17) is 0 Å². The Labute approximate surface area is 152 Å². The van der Waals surface area contributed by atoms with E-state index in [1.54, 1.807) is 6.07 Å². The number of aromatic amines is 1. The minimum Gasteiger partial charge on any atom is -0.348 e. The second kappa shape index (κ2) is 7.40. The van der Waals surface area contributed by atoms with Crippen molar-refractivity contribution in [2.75, 3.05) is 0 Å². The third-order valence-corrected chi connectivity index (χ3v) is 4.43. The smallest absolute Gasteiger partial charge is 0.253 e. The second-order valence-corrected chi connectivity index (χ2v) is 6.57. The quantitative estimate of drug-likeness (QED) is 0.753. The number of aromatic nitrogens is 1. The van der Waals surface area contributed by atoms with Gasteiger partial charge in [-0.15, -0.1) is 0 Å². The van der Waals surface area contributed by atoms with Crippen molar-refractivity contribution in [1.82, 2.24) is 10.3 Å². The van der Waals surface area contributed by atoms with Gasteiger partial charge in [-0.2, -0.15) is 0 Å². The molecule has 2 aromatic carbocycles. The highest BCUT2D eigenvalue weighted by atomic mass is 16.1. The number of amides is 1. The van der Waals surface area contributed by atoms with Crippen molar-refractivity contribution >= 4 is 5.91 Å². The summed E-state index contributed by atoms with van der Waals surface area (Å²) in [7, 11) is 0. The maximum absolute atomic E-state index is 12.5. The first-order valence-corrected chi connectivity index (χ1v) is 8.59. The normalized spacial score (nSPS) is 10.6. The van der Waals surface area contributed by atoms with E-state index in [-0.39, 0.29) is 18.0 Å². The van der Waals surface area contributed by atoms with Gasteiger partial charge in [0, 0.05) is 23.4 Å². The van der Waals surface area contributed by atoms with Gasteiger partial charge in [0.2, 0.25) is 0 Å². The molecule has 0 aliphatic rings. The Morgan fingerprint density at radius 3 is 2.38 bits per heavy atom. The first kappa shape index (κ1) is 17.7. The highest BCUT2D eigenvalue weighted by Gasteiger charge is 2.10. The molecule has 0 bridgehead atoms. The SMILES string of the molecule is Cc1ccc(-c2cccc(C(=O)NCc3c(C)cc(C)[nH]c3=O)c2)cc1. The van der Waals surface area contributed by atoms with E-state index in [2.05, 4.69) is 22.4 Å². The Kier molecular flexibility index (Phi) is 5.03. The monoisotopic (exact) mass is 346 g/mol. The predicted molar refractivity (Wildman–Crippen MR) is 104 cm³/mol. The summed E-state index contributed by atoms with van der Waals surface area (Å²) < 4.78 is 0. The summed E-state index contributed by atoms with van der Waals surface area (Å²) in [5.74, 6) is -0.196. The van der Waals surface area contributed by atoms with E-state index < -0.39 is 0 Å². The summed E-state index contributed by atoms with van der Waals surface area (Å²) in [5, 5.41) is 2.85. The molecule has 1 amide bonds. The molecule has 0 saturated carbocycles. The molecule has 0 radical (unpaired) electrons. The van der Waals surface area contributed by atoms with E-state index in [0.29, 0.717) is 11.1 Å². The van der Waals surface area contributed by atoms with Crippen molar-refractivity contribution in [2.24, 2.45) is 0 Å². The van der Waals surface area contributed by atoms with Crippen LogP contribution >= 0.6 is 0 Å². The van der Waals surface area contributed by atoms with E-state index in [0.717, 1.165) is 22.4 Å². The zero-order valence-electron chi connectivity index (χ0n) is 15.2. The molecular weight excluding hydrogens is 324 g/mol. The molecule has 26 heavy (non-hydrogen) atoms. The molecule has 0 unspecified atom stereocenters. The number of pyridine rings is 1. The van der Waals surface area contributed by atoms with Gasteiger partial charge in [-0.05, 0) is 55.7 Å². The van der Waals surface area contributed by atoms with Crippen LogP contribution < -0.4 is 10.9 Å². The highest BCUT2D eigenvalue weighted by molar-refractivity contribution is 5.95. The lowest BCUT2D eigenvalue weighted by molar-refractivity contribution is 0.0951. The third kappa shape index (κ3) is 3.91. The molecule has 3 aromatic rings. The van der Waals surface area contributed by atoms with Crippen LogP contribution in [0, 0.1) is 20.8 Å². The van der Waals surface area contributed by atoms with Gasteiger partial charge in [-0.3, -0.25) is 9.59 Å². The largest absolute Gasteiger partial charge is 0.348 e. The van der Waals surface area contributed by atoms with E-state index >= 15 is 0 Å². The summed E-state index contributed by atoms with van der Waals surface area (Å²) in [6.45, 7) is 5.96. The fourth-order valence-corrected chi connectivity index (χ4v) is 2.96. The molecule has 0 atom stereocenters. The Balaban J connectivity index is 1.78. The Bertz CT molecular complexity index is 1000. The first-order valence-electron chi connectivity index (χ1n) is 8.59. The lowest BCUT2D eigenvalue weighted by atomic mass is 10.0. The van der Waals surface area contributed by atoms with Crippen molar-refractivity contribution in [3.8, 4) is 11.1 Å². The summed E-state index contributed by atoms with van der Waals surface area (Å²) in [4.78, 5) is 27.4. The number of hydrogen-bond donors (Lipinski definition) is 2. The molecule has 0 spiro atoms. The van der Waals surface area contributed by atoms with Crippen LogP contribution in [0.2, 0.25) is 0 Å². The average molecular weight is 346 g/mol. The van der Waals surface area contributed by atoms with Gasteiger partial charge >= 0.3 is 0 Å². The molecule has 2 N–H and O–H groups in total. The lowest BCUT2D eigenvalue weighted by Crippen LogP contribution is -2.27. The number of H-pyrrole nitrogens is 1. The van der Waals surface area contributed by atoms with Gasteiger partial charge in [0.05, 0.1) is 0 Å². The maximum Gasteiger partial charge on any atom is 0.253 e. The van der Waals surface area contributed by atoms with Crippen molar-refractivity contribution in [2.45, 2.75) is 27.3 Å². The Hall–Kier alpha value is -3.14. The minimum atomic E-state index is -0.196. The van der Waals surface area contributed by atoms with Crippen LogP contribution in [0.4, 0.5) is 0 Å². The van der Waals surface area contributed by atoms with Crippen LogP contribution in [0.15, 0.2) is 59.4 Å². The zero-order chi connectivity index (χ0) is 18.7. The topological polar surface area (TPSA) is 62.0 Å². The van der Waals surface area contributed by atoms with Gasteiger partial charge in [0.25, 0.3) is 11.5 Å². The van der Waals surface area contributed by atoms with E-state index in [1.165, 1.54) is 5.56 Å². The molecule has 132 valence electrons. The summed E-state index contributed by atoms with van der Waals surface area (Å²) in [6.07, 6.45) is 0. The second-order valence-electron chi connectivity index (χ2n) is 6.57. The molecule has 1 aromatic heterocycles. The number of carbonyl (C=O) groups is 1. The van der Waals surface area contributed by atoms with Crippen LogP contribution in [0.25, 0.3) is 11.1 Å². The molecule has 0 fully saturated rings. The fraction of sp³-hybridized carbons (Fsp3) is 0.182. The molecule has 0 aliphatic heterocycles. The summed E-state index contributed by atoms with van der Waals surface area (Å²) >= 11 is 0. The Morgan fingerprint density at radius 1 is 0.962 bits per heavy atom. The van der Waals surface area contributed by atoms with Crippen LogP contribution in [0.1, 0.15) is 32.7 Å². The molecule has 1 heterocycles. The fourth-order valence-electron chi connectivity index (χ4n) is 2.96. The number of aryl methyl sites for hydroxylation is 3. The van der Waals surface area contributed by atoms with E-state index in [1.807, 2.05) is 57.2 Å². The molecule has 3 rings (SSSR count). The zero-order valence-corrected chi connectivity index (χ0v) is 15.2. The van der Waals surface area contributed by atoms with Gasteiger partial charge in [0.15, 0.2) is 0 Å². The lowest BCUT2D eigenvalue weighted by Gasteiger charge is -2.09. The molecule has 0 saturated heterocycles. The highest BCUT2D eigenvalue weighted by Crippen LogP contribution is 2.21. The van der Waals surface area contributed by atoms with Crippen molar-refractivity contribution < 1.29 is 4.79 Å². The van der Waals surface area contributed by atoms with Gasteiger partial charge < -0.3 is 10.3 Å². The standard InChI is InChI=1S/C22H22N2O2/c1-14-7-9-17(10-8-14)18-5-4-6-19(12-18)21(25)23-13-20-15(2)11-16(3)24-22(20)26/h4-12H,13H2,1-3H3,(H,23,25)(H,24,26). The van der Waals surface area contributed by atoms with Gasteiger partial charge in [-0.25, -0.2) is 0 Å². The van der Waals surface area contributed by atoms with Crippen molar-refractivity contribution in [3.05, 3.63) is 92.9 Å². The number of rotatable bonds is 4. The number of benzene rings is 2. The van der Waals surface area contributed by atoms with E-state index in [9.17, 15) is 9.59 Å². The third-order valence-electron chi connectivity index (χ3n) is 4.43. The molecule has 4 nitrogen and oxygen atoms in total. The summed E-state index contributed by atoms with van der Waals surface area (Å²) in [5.41, 5.74) is 5.94. The van der Waals surface area contributed by atoms with Crippen molar-refractivity contribution in [1.29, 1.82) is 0 Å². The maximum atomic E-state index is 12.5. The molecular formula is C22H22N2O2. The van der Waals surface area contributed by atoms with Gasteiger partial charge in [-0.1, -0.05) is 42.0 Å². The van der Waals surface area contributed by atoms with Gasteiger partial charge in [0.1, 0.15) is 0 Å². The van der Waals surface area contributed by atoms with Crippen LogP contribution in [0.3, 0.4) is 0 Å². The number of hydrogen-bond acceptors (Lipinski definition) is 2. The molecule has 0 aliphatic carbocycles. The van der Waals surface area contributed by atoms with Crippen LogP contribution in [-0.2, 0) is 6.54 Å². The number of nitrogens with one attached hydrogen (secondary N) is 2. The number of carbonyl (C=O) groups excluding carboxylic acids is 1. The van der Waals surface area contributed by atoms with Crippen molar-refractivity contribution in [3.63, 3.8) is 0 Å². The first-order chi connectivity index (χ1) is 12.4. The summed E-state index contributed by atoms with van der Waals surface area (Å²) in [6, 6.07) is 17.6. The minimum absolute atomic E-state index is 0.156. The average Bonchev–Trinajstić information content (AvgIpc) is 2.61. The van der Waals surface area contributed by atoms with Crippen LogP contribution in [0.5, 0.6) is 0 Å². The molecule has 4 heteroatoms. The van der Waals surface area contributed by atoms with Crippen LogP contribution in [-0.4, -0.2) is 10.9 Å². The predicted octanol–water partition coefficient (Wildman–Crippen LogP) is 3.90.